The van der Waals surface area contributed by atoms with Crippen molar-refractivity contribution in [2.24, 2.45) is 0 Å². The van der Waals surface area contributed by atoms with Gasteiger partial charge in [0.15, 0.2) is 6.19 Å². The topological polar surface area (TPSA) is 53.3 Å². The summed E-state index contributed by atoms with van der Waals surface area (Å²) in [7, 11) is 1.63. The van der Waals surface area contributed by atoms with Gasteiger partial charge in [0, 0.05) is 7.05 Å². The highest BCUT2D eigenvalue weighted by Gasteiger charge is 2.02. The number of esters is 1. The van der Waals surface area contributed by atoms with Crippen molar-refractivity contribution in [3.63, 3.8) is 0 Å². The predicted molar refractivity (Wildman–Crippen MR) is 48.6 cm³/mol. The highest BCUT2D eigenvalue weighted by molar-refractivity contribution is 5.72. The molecule has 0 aliphatic carbocycles. The number of ether oxygens (including phenoxy) is 1. The minimum absolute atomic E-state index is 0.246. The minimum atomic E-state index is -0.293. The summed E-state index contributed by atoms with van der Waals surface area (Å²) in [6.45, 7) is 6.03. The molecule has 0 unspecified atom stereocenters. The molecule has 72 valence electrons. The Hall–Kier alpha value is -1.50. The van der Waals surface area contributed by atoms with E-state index in [0.29, 0.717) is 6.54 Å². The fraction of sp³-hybridized carbons (Fsp3) is 0.556. The van der Waals surface area contributed by atoms with Crippen LogP contribution in [0.25, 0.3) is 0 Å². The van der Waals surface area contributed by atoms with Crippen molar-refractivity contribution in [2.45, 2.75) is 13.3 Å². The zero-order chi connectivity index (χ0) is 10.3. The first-order valence-corrected chi connectivity index (χ1v) is 3.97. The summed E-state index contributed by atoms with van der Waals surface area (Å²) in [6.07, 6.45) is 2.15. The highest BCUT2D eigenvalue weighted by Crippen LogP contribution is 1.97. The van der Waals surface area contributed by atoms with Crippen LogP contribution < -0.4 is 0 Å². The molecule has 0 amide bonds. The van der Waals surface area contributed by atoms with Crippen LogP contribution in [0.3, 0.4) is 0 Å². The summed E-state index contributed by atoms with van der Waals surface area (Å²) >= 11 is 0. The molecule has 4 nitrogen and oxygen atoms in total. The van der Waals surface area contributed by atoms with Crippen molar-refractivity contribution in [3.05, 3.63) is 12.2 Å². The number of nitrogens with zero attached hydrogens (tertiary/aromatic N) is 2. The molecule has 0 aliphatic rings. The van der Waals surface area contributed by atoms with Crippen LogP contribution in [-0.4, -0.2) is 31.1 Å². The average molecular weight is 182 g/mol. The molecule has 13 heavy (non-hydrogen) atoms. The normalized spacial score (nSPS) is 8.69. The van der Waals surface area contributed by atoms with E-state index in [1.165, 1.54) is 4.90 Å². The molecule has 0 atom stereocenters. The molecular weight excluding hydrogens is 168 g/mol. The van der Waals surface area contributed by atoms with Gasteiger partial charge in [-0.1, -0.05) is 12.2 Å². The van der Waals surface area contributed by atoms with Crippen LogP contribution >= 0.6 is 0 Å². The molecule has 0 heterocycles. The standard InChI is InChI=1S/C9H14N2O2/c1-8(2)6-9(12)13-5-4-11(3)7-10/h1,4-6H2,2-3H3. The first-order chi connectivity index (χ1) is 6.06. The molecule has 0 N–H and O–H groups in total. The number of hydrogen-bond donors (Lipinski definition) is 0. The van der Waals surface area contributed by atoms with Gasteiger partial charge < -0.3 is 9.64 Å². The summed E-state index contributed by atoms with van der Waals surface area (Å²) in [5.74, 6) is -0.293. The number of carbonyl (C=O) groups excluding carboxylic acids is 1. The Bertz CT molecular complexity index is 230. The van der Waals surface area contributed by atoms with Crippen LogP contribution in [0.2, 0.25) is 0 Å². The predicted octanol–water partition coefficient (Wildman–Crippen LogP) is 0.909. The average Bonchev–Trinajstić information content (AvgIpc) is 2.02. The van der Waals surface area contributed by atoms with E-state index < -0.39 is 0 Å². The van der Waals surface area contributed by atoms with Crippen LogP contribution in [0.4, 0.5) is 0 Å². The van der Waals surface area contributed by atoms with Crippen LogP contribution in [-0.2, 0) is 9.53 Å². The zero-order valence-electron chi connectivity index (χ0n) is 8.04. The summed E-state index contributed by atoms with van der Waals surface area (Å²) in [5.41, 5.74) is 0.777. The number of likely N-dealkylation sites (N-methyl/N-ethyl adjacent to an activating group) is 1. The maximum Gasteiger partial charge on any atom is 0.309 e. The van der Waals surface area contributed by atoms with E-state index in [2.05, 4.69) is 6.58 Å². The Balaban J connectivity index is 3.49. The van der Waals surface area contributed by atoms with E-state index in [1.807, 2.05) is 6.19 Å². The van der Waals surface area contributed by atoms with Gasteiger partial charge in [0.05, 0.1) is 13.0 Å². The van der Waals surface area contributed by atoms with Gasteiger partial charge >= 0.3 is 5.97 Å². The maximum atomic E-state index is 10.9. The summed E-state index contributed by atoms with van der Waals surface area (Å²) in [4.78, 5) is 12.3. The SMILES string of the molecule is C=C(C)CC(=O)OCCN(C)C#N. The maximum absolute atomic E-state index is 10.9. The first kappa shape index (κ1) is 11.5. The first-order valence-electron chi connectivity index (χ1n) is 3.97. The Labute approximate surface area is 78.4 Å². The third-order valence-electron chi connectivity index (χ3n) is 1.31. The van der Waals surface area contributed by atoms with E-state index >= 15 is 0 Å². The second-order valence-electron chi connectivity index (χ2n) is 2.88. The van der Waals surface area contributed by atoms with Crippen LogP contribution in [0.1, 0.15) is 13.3 Å². The molecule has 0 aromatic carbocycles. The third kappa shape index (κ3) is 6.88. The number of carbonyl (C=O) groups is 1. The van der Waals surface area contributed by atoms with Crippen molar-refractivity contribution in [1.29, 1.82) is 5.26 Å². The molecular formula is C9H14N2O2. The number of hydrogen-bond acceptors (Lipinski definition) is 4. The van der Waals surface area contributed by atoms with Gasteiger partial charge in [0.25, 0.3) is 0 Å². The molecule has 0 aromatic heterocycles. The van der Waals surface area contributed by atoms with Crippen molar-refractivity contribution in [3.8, 4) is 6.19 Å². The fourth-order valence-corrected chi connectivity index (χ4v) is 0.644. The lowest BCUT2D eigenvalue weighted by Gasteiger charge is -2.08. The molecule has 0 aromatic rings. The zero-order valence-corrected chi connectivity index (χ0v) is 8.04. The lowest BCUT2D eigenvalue weighted by Crippen LogP contribution is -2.19. The summed E-state index contributed by atoms with van der Waals surface area (Å²) < 4.78 is 4.83. The summed E-state index contributed by atoms with van der Waals surface area (Å²) in [6, 6.07) is 0. The monoisotopic (exact) mass is 182 g/mol. The highest BCUT2D eigenvalue weighted by atomic mass is 16.5. The lowest BCUT2D eigenvalue weighted by molar-refractivity contribution is -0.142. The van der Waals surface area contributed by atoms with Crippen molar-refractivity contribution < 1.29 is 9.53 Å². The number of rotatable bonds is 5. The second-order valence-corrected chi connectivity index (χ2v) is 2.88. The lowest BCUT2D eigenvalue weighted by atomic mass is 10.2. The van der Waals surface area contributed by atoms with Gasteiger partial charge in [0.2, 0.25) is 0 Å². The van der Waals surface area contributed by atoms with Gasteiger partial charge in [-0.2, -0.15) is 5.26 Å². The van der Waals surface area contributed by atoms with E-state index in [1.54, 1.807) is 14.0 Å². The molecule has 0 aliphatic heterocycles. The Morgan fingerprint density at radius 3 is 2.77 bits per heavy atom. The molecule has 0 saturated heterocycles. The van der Waals surface area contributed by atoms with Crippen LogP contribution in [0, 0.1) is 11.5 Å². The van der Waals surface area contributed by atoms with Gasteiger partial charge in [0.1, 0.15) is 6.61 Å². The molecule has 0 fully saturated rings. The molecule has 0 rings (SSSR count). The molecule has 0 spiro atoms. The van der Waals surface area contributed by atoms with Crippen molar-refractivity contribution in [1.82, 2.24) is 4.90 Å². The largest absolute Gasteiger partial charge is 0.464 e. The van der Waals surface area contributed by atoms with Gasteiger partial charge in [-0.3, -0.25) is 4.79 Å². The van der Waals surface area contributed by atoms with Crippen LogP contribution in [0.5, 0.6) is 0 Å². The smallest absolute Gasteiger partial charge is 0.309 e. The van der Waals surface area contributed by atoms with Crippen molar-refractivity contribution >= 4 is 5.97 Å². The van der Waals surface area contributed by atoms with Gasteiger partial charge in [-0.15, -0.1) is 0 Å². The van der Waals surface area contributed by atoms with Gasteiger partial charge in [-0.05, 0) is 6.92 Å². The minimum Gasteiger partial charge on any atom is -0.464 e. The quantitative estimate of drug-likeness (QED) is 0.274. The Kier molecular flexibility index (Phi) is 5.37. The number of nitriles is 1. The molecule has 0 radical (unpaired) electrons. The Morgan fingerprint density at radius 2 is 2.31 bits per heavy atom. The molecule has 0 saturated carbocycles. The summed E-state index contributed by atoms with van der Waals surface area (Å²) in [5, 5.41) is 8.37. The van der Waals surface area contributed by atoms with Crippen molar-refractivity contribution in [2.75, 3.05) is 20.2 Å². The molecule has 4 heteroatoms. The molecule has 0 bridgehead atoms. The van der Waals surface area contributed by atoms with E-state index in [9.17, 15) is 4.79 Å². The van der Waals surface area contributed by atoms with Crippen LogP contribution in [0.15, 0.2) is 12.2 Å². The Morgan fingerprint density at radius 1 is 1.69 bits per heavy atom. The van der Waals surface area contributed by atoms with Gasteiger partial charge in [-0.25, -0.2) is 0 Å². The fourth-order valence-electron chi connectivity index (χ4n) is 0.644. The second kappa shape index (κ2) is 6.06. The van der Waals surface area contributed by atoms with E-state index in [-0.39, 0.29) is 19.0 Å². The van der Waals surface area contributed by atoms with E-state index in [4.69, 9.17) is 10.00 Å². The third-order valence-corrected chi connectivity index (χ3v) is 1.31. The van der Waals surface area contributed by atoms with E-state index in [0.717, 1.165) is 5.57 Å².